The van der Waals surface area contributed by atoms with E-state index >= 15 is 0 Å². The van der Waals surface area contributed by atoms with Gasteiger partial charge in [0.1, 0.15) is 5.54 Å². The van der Waals surface area contributed by atoms with E-state index in [1.807, 2.05) is 14.0 Å². The molecule has 1 N–H and O–H groups in total. The third-order valence-corrected chi connectivity index (χ3v) is 4.35. The Morgan fingerprint density at radius 1 is 1.44 bits per heavy atom. The maximum atomic E-state index is 9.21. The third-order valence-electron chi connectivity index (χ3n) is 4.35. The molecule has 1 saturated heterocycles. The second-order valence-electron chi connectivity index (χ2n) is 5.98. The minimum Gasteiger partial charge on any atom is -0.306 e. The zero-order valence-electron chi connectivity index (χ0n) is 12.5. The Hall–Kier alpha value is -0.630. The van der Waals surface area contributed by atoms with Crippen LogP contribution in [0.3, 0.4) is 0 Å². The molecule has 2 atom stereocenters. The van der Waals surface area contributed by atoms with Crippen LogP contribution in [-0.4, -0.2) is 61.7 Å². The molecule has 104 valence electrons. The van der Waals surface area contributed by atoms with Crippen LogP contribution in [0.25, 0.3) is 0 Å². The van der Waals surface area contributed by atoms with Crippen molar-refractivity contribution in [1.29, 1.82) is 5.26 Å². The Morgan fingerprint density at radius 3 is 2.39 bits per heavy atom. The molecule has 0 amide bonds. The van der Waals surface area contributed by atoms with Gasteiger partial charge in [-0.1, -0.05) is 0 Å². The van der Waals surface area contributed by atoms with Crippen LogP contribution < -0.4 is 5.32 Å². The van der Waals surface area contributed by atoms with Gasteiger partial charge in [-0.3, -0.25) is 0 Å². The smallest absolute Gasteiger partial charge is 0.105 e. The van der Waals surface area contributed by atoms with Crippen LogP contribution in [0.5, 0.6) is 0 Å². The second kappa shape index (κ2) is 6.51. The molecule has 2 unspecified atom stereocenters. The number of piperidine rings is 1. The zero-order chi connectivity index (χ0) is 13.8. The van der Waals surface area contributed by atoms with E-state index in [-0.39, 0.29) is 0 Å². The van der Waals surface area contributed by atoms with Crippen LogP contribution in [0.2, 0.25) is 0 Å². The molecule has 18 heavy (non-hydrogen) atoms. The van der Waals surface area contributed by atoms with Gasteiger partial charge in [-0.15, -0.1) is 0 Å². The molecule has 4 heteroatoms. The Morgan fingerprint density at radius 2 is 2.00 bits per heavy atom. The summed E-state index contributed by atoms with van der Waals surface area (Å²) in [5.41, 5.74) is -0.405. The lowest BCUT2D eigenvalue weighted by atomic mass is 9.93. The van der Waals surface area contributed by atoms with E-state index in [0.717, 1.165) is 25.6 Å². The molecule has 0 radical (unpaired) electrons. The van der Waals surface area contributed by atoms with Gasteiger partial charge in [-0.2, -0.15) is 5.26 Å². The predicted octanol–water partition coefficient (Wildman–Crippen LogP) is 1.29. The fraction of sp³-hybridized carbons (Fsp3) is 0.929. The summed E-state index contributed by atoms with van der Waals surface area (Å²) in [6.07, 6.45) is 3.35. The quantitative estimate of drug-likeness (QED) is 0.801. The summed E-state index contributed by atoms with van der Waals surface area (Å²) in [6, 6.07) is 3.56. The number of nitrogens with zero attached hydrogens (tertiary/aromatic N) is 3. The average molecular weight is 252 g/mol. The van der Waals surface area contributed by atoms with Crippen molar-refractivity contribution in [2.45, 2.75) is 50.7 Å². The van der Waals surface area contributed by atoms with Gasteiger partial charge in [0.05, 0.1) is 6.07 Å². The molecule has 1 aliphatic rings. The summed E-state index contributed by atoms with van der Waals surface area (Å²) >= 11 is 0. The number of likely N-dealkylation sites (tertiary alicyclic amines) is 1. The summed E-state index contributed by atoms with van der Waals surface area (Å²) in [5, 5.41) is 12.3. The number of rotatable bonds is 5. The number of hydrogen-bond acceptors (Lipinski definition) is 4. The van der Waals surface area contributed by atoms with Crippen LogP contribution in [0.15, 0.2) is 0 Å². The van der Waals surface area contributed by atoms with Crippen molar-refractivity contribution < 1.29 is 0 Å². The average Bonchev–Trinajstić information content (AvgIpc) is 2.38. The lowest BCUT2D eigenvalue weighted by Crippen LogP contribution is -2.49. The summed E-state index contributed by atoms with van der Waals surface area (Å²) < 4.78 is 0. The van der Waals surface area contributed by atoms with Crippen molar-refractivity contribution in [1.82, 2.24) is 15.1 Å². The first-order chi connectivity index (χ1) is 8.41. The number of nitriles is 1. The van der Waals surface area contributed by atoms with E-state index in [1.165, 1.54) is 12.8 Å². The van der Waals surface area contributed by atoms with Crippen LogP contribution in [-0.2, 0) is 0 Å². The van der Waals surface area contributed by atoms with E-state index in [9.17, 15) is 5.26 Å². The van der Waals surface area contributed by atoms with Crippen molar-refractivity contribution in [3.05, 3.63) is 0 Å². The lowest BCUT2D eigenvalue weighted by molar-refractivity contribution is 0.103. The predicted molar refractivity (Wildman–Crippen MR) is 75.4 cm³/mol. The van der Waals surface area contributed by atoms with Crippen molar-refractivity contribution in [2.24, 2.45) is 0 Å². The van der Waals surface area contributed by atoms with E-state index in [1.54, 1.807) is 0 Å². The van der Waals surface area contributed by atoms with Gasteiger partial charge in [0, 0.05) is 12.1 Å². The Balaban J connectivity index is 2.46. The minimum absolute atomic E-state index is 0.405. The summed E-state index contributed by atoms with van der Waals surface area (Å²) in [7, 11) is 6.20. The van der Waals surface area contributed by atoms with Crippen molar-refractivity contribution in [3.63, 3.8) is 0 Å². The molecule has 1 fully saturated rings. The minimum atomic E-state index is -0.405. The highest BCUT2D eigenvalue weighted by Gasteiger charge is 2.29. The second-order valence-corrected chi connectivity index (χ2v) is 5.98. The maximum absolute atomic E-state index is 9.21. The largest absolute Gasteiger partial charge is 0.306 e. The van der Waals surface area contributed by atoms with E-state index in [4.69, 9.17) is 0 Å². The van der Waals surface area contributed by atoms with Crippen LogP contribution in [0, 0.1) is 11.3 Å². The first-order valence-electron chi connectivity index (χ1n) is 6.92. The molecule has 0 bridgehead atoms. The zero-order valence-corrected chi connectivity index (χ0v) is 12.5. The van der Waals surface area contributed by atoms with Gasteiger partial charge < -0.3 is 15.1 Å². The van der Waals surface area contributed by atoms with Gasteiger partial charge >= 0.3 is 0 Å². The molecular weight excluding hydrogens is 224 g/mol. The Bertz CT molecular complexity index is 289. The molecule has 1 heterocycles. The molecule has 0 aliphatic carbocycles. The molecule has 0 saturated carbocycles. The van der Waals surface area contributed by atoms with Gasteiger partial charge in [-0.25, -0.2) is 0 Å². The molecule has 1 rings (SSSR count). The topological polar surface area (TPSA) is 42.3 Å². The first kappa shape index (κ1) is 15.4. The highest BCUT2D eigenvalue weighted by atomic mass is 15.2. The van der Waals surface area contributed by atoms with Gasteiger partial charge in [0.15, 0.2) is 0 Å². The fourth-order valence-corrected chi connectivity index (χ4v) is 2.77. The molecule has 0 aromatic heterocycles. The van der Waals surface area contributed by atoms with Crippen molar-refractivity contribution in [3.8, 4) is 6.07 Å². The van der Waals surface area contributed by atoms with E-state index in [2.05, 4.69) is 42.2 Å². The monoisotopic (exact) mass is 252 g/mol. The third kappa shape index (κ3) is 3.94. The standard InChI is InChI=1S/C14H28N4/c1-12(10-14(2,11-15)16-3)18-8-6-13(7-9-18)17(4)5/h12-13,16H,6-10H2,1-5H3. The summed E-state index contributed by atoms with van der Waals surface area (Å²) in [5.74, 6) is 0. The van der Waals surface area contributed by atoms with Crippen LogP contribution >= 0.6 is 0 Å². The van der Waals surface area contributed by atoms with Crippen LogP contribution in [0.4, 0.5) is 0 Å². The molecular formula is C14H28N4. The van der Waals surface area contributed by atoms with Gasteiger partial charge in [0.2, 0.25) is 0 Å². The SMILES string of the molecule is CNC(C)(C#N)CC(C)N1CCC(N(C)C)CC1. The molecule has 0 aromatic rings. The van der Waals surface area contributed by atoms with Crippen molar-refractivity contribution in [2.75, 3.05) is 34.2 Å². The molecule has 0 aromatic carbocycles. The molecule has 0 spiro atoms. The highest BCUT2D eigenvalue weighted by molar-refractivity contribution is 5.04. The summed E-state index contributed by atoms with van der Waals surface area (Å²) in [6.45, 7) is 6.52. The Labute approximate surface area is 112 Å². The highest BCUT2D eigenvalue weighted by Crippen LogP contribution is 2.21. The first-order valence-corrected chi connectivity index (χ1v) is 6.92. The van der Waals surface area contributed by atoms with Gasteiger partial charge in [-0.05, 0) is 67.3 Å². The number of hydrogen-bond donors (Lipinski definition) is 1. The van der Waals surface area contributed by atoms with Crippen molar-refractivity contribution >= 4 is 0 Å². The maximum Gasteiger partial charge on any atom is 0.105 e. The normalized spacial score (nSPS) is 23.6. The Kier molecular flexibility index (Phi) is 5.58. The number of nitrogens with one attached hydrogen (secondary N) is 1. The molecule has 1 aliphatic heterocycles. The fourth-order valence-electron chi connectivity index (χ4n) is 2.77. The van der Waals surface area contributed by atoms with E-state index in [0.29, 0.717) is 6.04 Å². The lowest BCUT2D eigenvalue weighted by Gasteiger charge is -2.40. The van der Waals surface area contributed by atoms with Crippen LogP contribution in [0.1, 0.15) is 33.1 Å². The molecule has 4 nitrogen and oxygen atoms in total. The van der Waals surface area contributed by atoms with E-state index < -0.39 is 5.54 Å². The van der Waals surface area contributed by atoms with Gasteiger partial charge in [0.25, 0.3) is 0 Å². The summed E-state index contributed by atoms with van der Waals surface area (Å²) in [4.78, 5) is 4.85.